The molecule has 0 rings (SSSR count). The fraction of sp³-hybridized carbons (Fsp3) is 1.00. The number of ether oxygens (including phenoxy) is 2. The Bertz CT molecular complexity index is 235. The van der Waals surface area contributed by atoms with Gasteiger partial charge in [0.25, 0.3) is 0 Å². The highest BCUT2D eigenvalue weighted by Gasteiger charge is 2.36. The monoisotopic (exact) mass is 302 g/mol. The summed E-state index contributed by atoms with van der Waals surface area (Å²) in [6, 6.07) is 0. The molecule has 128 valence electrons. The second-order valence-corrected chi connectivity index (χ2v) is 6.95. The highest BCUT2D eigenvalue weighted by molar-refractivity contribution is 4.93. The molecule has 0 spiro atoms. The molecule has 0 aromatic heterocycles. The minimum atomic E-state index is 0.0780. The van der Waals surface area contributed by atoms with Gasteiger partial charge in [0, 0.05) is 46.0 Å². The van der Waals surface area contributed by atoms with Gasteiger partial charge in [-0.2, -0.15) is 0 Å². The van der Waals surface area contributed by atoms with Gasteiger partial charge in [0.15, 0.2) is 0 Å². The molecule has 0 aliphatic heterocycles. The number of hydrogen-bond acceptors (Lipinski definition) is 4. The first-order chi connectivity index (χ1) is 9.91. The highest BCUT2D eigenvalue weighted by Crippen LogP contribution is 2.30. The van der Waals surface area contributed by atoms with Crippen LogP contribution in [0.3, 0.4) is 0 Å². The number of nitrogens with zero attached hydrogens (tertiary/aromatic N) is 1. The number of hydrogen-bond donors (Lipinski definition) is 1. The molecule has 0 bridgehead atoms. The van der Waals surface area contributed by atoms with Crippen LogP contribution < -0.4 is 5.73 Å². The Hall–Kier alpha value is -0.160. The molecule has 0 saturated carbocycles. The summed E-state index contributed by atoms with van der Waals surface area (Å²) in [7, 11) is 3.53. The molecule has 2 N–H and O–H groups in total. The summed E-state index contributed by atoms with van der Waals surface area (Å²) in [5.74, 6) is 1.28. The van der Waals surface area contributed by atoms with Crippen molar-refractivity contribution in [3.8, 4) is 0 Å². The van der Waals surface area contributed by atoms with Crippen molar-refractivity contribution >= 4 is 0 Å². The van der Waals surface area contributed by atoms with Crippen LogP contribution in [0.4, 0.5) is 0 Å². The van der Waals surface area contributed by atoms with E-state index in [2.05, 4.69) is 32.6 Å². The third-order valence-corrected chi connectivity index (χ3v) is 3.97. The zero-order valence-corrected chi connectivity index (χ0v) is 15.2. The molecule has 0 radical (unpaired) electrons. The molecule has 0 aromatic carbocycles. The van der Waals surface area contributed by atoms with E-state index >= 15 is 0 Å². The van der Waals surface area contributed by atoms with Crippen molar-refractivity contribution in [1.29, 1.82) is 0 Å². The quantitative estimate of drug-likeness (QED) is 0.531. The first kappa shape index (κ1) is 20.8. The average molecular weight is 303 g/mol. The minimum absolute atomic E-state index is 0.0780. The van der Waals surface area contributed by atoms with Crippen molar-refractivity contribution in [3.63, 3.8) is 0 Å². The Kier molecular flexibility index (Phi) is 11.3. The van der Waals surface area contributed by atoms with Crippen molar-refractivity contribution < 1.29 is 9.47 Å². The fourth-order valence-corrected chi connectivity index (χ4v) is 3.34. The van der Waals surface area contributed by atoms with Crippen LogP contribution in [0, 0.1) is 11.8 Å². The van der Waals surface area contributed by atoms with Crippen LogP contribution in [0.5, 0.6) is 0 Å². The second kappa shape index (κ2) is 11.4. The maximum Gasteiger partial charge on any atom is 0.0589 e. The van der Waals surface area contributed by atoms with Gasteiger partial charge in [-0.25, -0.2) is 0 Å². The van der Waals surface area contributed by atoms with Gasteiger partial charge in [-0.1, -0.05) is 27.7 Å². The Labute approximate surface area is 132 Å². The lowest BCUT2D eigenvalue weighted by Crippen LogP contribution is -2.56. The minimum Gasteiger partial charge on any atom is -0.385 e. The first-order valence-electron chi connectivity index (χ1n) is 8.34. The fourth-order valence-electron chi connectivity index (χ4n) is 3.34. The lowest BCUT2D eigenvalue weighted by molar-refractivity contribution is 0.0243. The summed E-state index contributed by atoms with van der Waals surface area (Å²) in [5, 5.41) is 0. The summed E-state index contributed by atoms with van der Waals surface area (Å²) in [5.41, 5.74) is 6.35. The molecule has 0 amide bonds. The third kappa shape index (κ3) is 8.15. The Morgan fingerprint density at radius 3 is 1.81 bits per heavy atom. The lowest BCUT2D eigenvalue weighted by Gasteiger charge is -2.46. The predicted molar refractivity (Wildman–Crippen MR) is 90.6 cm³/mol. The molecule has 4 nitrogen and oxygen atoms in total. The van der Waals surface area contributed by atoms with E-state index in [1.165, 1.54) is 0 Å². The molecule has 21 heavy (non-hydrogen) atoms. The molecular formula is C17H38N2O2. The van der Waals surface area contributed by atoms with Crippen molar-refractivity contribution in [1.82, 2.24) is 4.90 Å². The number of nitrogens with two attached hydrogens (primary N) is 1. The molecule has 0 atom stereocenters. The van der Waals surface area contributed by atoms with E-state index in [1.807, 2.05) is 0 Å². The van der Waals surface area contributed by atoms with Crippen molar-refractivity contribution in [2.24, 2.45) is 17.6 Å². The Morgan fingerprint density at radius 1 is 0.905 bits per heavy atom. The van der Waals surface area contributed by atoms with Gasteiger partial charge in [-0.15, -0.1) is 0 Å². The smallest absolute Gasteiger partial charge is 0.0589 e. The number of methoxy groups -OCH3 is 2. The van der Waals surface area contributed by atoms with Crippen LogP contribution >= 0.6 is 0 Å². The van der Waals surface area contributed by atoms with Crippen LogP contribution in [0.15, 0.2) is 0 Å². The summed E-state index contributed by atoms with van der Waals surface area (Å²) in [6.07, 6.45) is 3.31. The predicted octanol–water partition coefficient (Wildman–Crippen LogP) is 2.76. The van der Waals surface area contributed by atoms with Gasteiger partial charge in [-0.05, 0) is 31.1 Å². The van der Waals surface area contributed by atoms with Crippen LogP contribution in [0.1, 0.15) is 47.0 Å². The van der Waals surface area contributed by atoms with Gasteiger partial charge in [0.2, 0.25) is 0 Å². The van der Waals surface area contributed by atoms with Crippen LogP contribution in [-0.2, 0) is 9.47 Å². The number of rotatable bonds is 13. The molecule has 0 unspecified atom stereocenters. The van der Waals surface area contributed by atoms with Crippen LogP contribution in [-0.4, -0.2) is 57.5 Å². The second-order valence-electron chi connectivity index (χ2n) is 6.95. The molecule has 0 saturated heterocycles. The van der Waals surface area contributed by atoms with E-state index in [-0.39, 0.29) is 5.54 Å². The maximum absolute atomic E-state index is 6.27. The molecule has 0 aliphatic rings. The summed E-state index contributed by atoms with van der Waals surface area (Å²) >= 11 is 0. The van der Waals surface area contributed by atoms with Gasteiger partial charge in [0.1, 0.15) is 0 Å². The zero-order valence-electron chi connectivity index (χ0n) is 15.2. The van der Waals surface area contributed by atoms with E-state index in [1.54, 1.807) is 14.2 Å². The van der Waals surface area contributed by atoms with Crippen molar-refractivity contribution in [2.45, 2.75) is 52.5 Å². The molecule has 0 heterocycles. The lowest BCUT2D eigenvalue weighted by atomic mass is 9.80. The molecule has 0 aliphatic carbocycles. The molecular weight excluding hydrogens is 264 g/mol. The van der Waals surface area contributed by atoms with E-state index in [9.17, 15) is 0 Å². The van der Waals surface area contributed by atoms with E-state index in [0.717, 1.165) is 45.6 Å². The molecule has 0 aromatic rings. The van der Waals surface area contributed by atoms with Crippen molar-refractivity contribution in [2.75, 3.05) is 47.1 Å². The third-order valence-electron chi connectivity index (χ3n) is 3.97. The highest BCUT2D eigenvalue weighted by atomic mass is 16.5. The topological polar surface area (TPSA) is 47.7 Å². The van der Waals surface area contributed by atoms with Crippen LogP contribution in [0.2, 0.25) is 0 Å². The van der Waals surface area contributed by atoms with E-state index in [0.29, 0.717) is 18.4 Å². The largest absolute Gasteiger partial charge is 0.385 e. The molecule has 0 fully saturated rings. The zero-order chi connectivity index (χ0) is 16.3. The van der Waals surface area contributed by atoms with E-state index < -0.39 is 0 Å². The first-order valence-corrected chi connectivity index (χ1v) is 8.34. The summed E-state index contributed by atoms with van der Waals surface area (Å²) in [4.78, 5) is 2.55. The van der Waals surface area contributed by atoms with E-state index in [4.69, 9.17) is 15.2 Å². The normalized spacial score (nSPS) is 12.9. The van der Waals surface area contributed by atoms with Gasteiger partial charge >= 0.3 is 0 Å². The summed E-state index contributed by atoms with van der Waals surface area (Å²) < 4.78 is 10.5. The van der Waals surface area contributed by atoms with Gasteiger partial charge < -0.3 is 15.2 Å². The molecule has 4 heteroatoms. The Morgan fingerprint density at radius 2 is 1.43 bits per heavy atom. The van der Waals surface area contributed by atoms with Crippen LogP contribution in [0.25, 0.3) is 0 Å². The summed E-state index contributed by atoms with van der Waals surface area (Å²) in [6.45, 7) is 13.4. The average Bonchev–Trinajstić information content (AvgIpc) is 2.40. The standard InChI is InChI=1S/C17H38N2O2/c1-15(2)12-17(14-18,13-16(3)4)19(9-11-21-6)8-7-10-20-5/h15-16H,7-14,18H2,1-6H3. The maximum atomic E-state index is 6.27. The SMILES string of the molecule is COCCCN(CCOC)C(CN)(CC(C)C)CC(C)C. The van der Waals surface area contributed by atoms with Gasteiger partial charge in [0.05, 0.1) is 6.61 Å². The van der Waals surface area contributed by atoms with Gasteiger partial charge in [-0.3, -0.25) is 4.90 Å². The Balaban J connectivity index is 5.08. The van der Waals surface area contributed by atoms with Crippen molar-refractivity contribution in [3.05, 3.63) is 0 Å².